The molecule has 0 saturated heterocycles. The molecule has 86 valence electrons. The maximum atomic E-state index is 11.2. The van der Waals surface area contributed by atoms with Crippen molar-refractivity contribution in [3.05, 3.63) is 22.2 Å². The quantitative estimate of drug-likeness (QED) is 0.895. The summed E-state index contributed by atoms with van der Waals surface area (Å²) in [6.45, 7) is 0. The number of phenols is 1. The van der Waals surface area contributed by atoms with Gasteiger partial charge in [0.05, 0.1) is 12.5 Å². The molecule has 5 heteroatoms. The van der Waals surface area contributed by atoms with Gasteiger partial charge in [-0.3, -0.25) is 4.79 Å². The fourth-order valence-electron chi connectivity index (χ4n) is 1.82. The van der Waals surface area contributed by atoms with Gasteiger partial charge >= 0.3 is 5.97 Å². The fraction of sp³-hybridized carbons (Fsp3) is 0.364. The first kappa shape index (κ1) is 11.3. The minimum absolute atomic E-state index is 0.0781. The van der Waals surface area contributed by atoms with E-state index in [9.17, 15) is 9.90 Å². The van der Waals surface area contributed by atoms with E-state index in [1.165, 1.54) is 7.11 Å². The number of aromatic hydroxyl groups is 1. The summed E-state index contributed by atoms with van der Waals surface area (Å²) in [4.78, 5) is 11.2. The van der Waals surface area contributed by atoms with E-state index >= 15 is 0 Å². The molecule has 1 aromatic carbocycles. The van der Waals surface area contributed by atoms with Crippen molar-refractivity contribution >= 4 is 21.9 Å². The van der Waals surface area contributed by atoms with Crippen molar-refractivity contribution in [2.45, 2.75) is 18.3 Å². The number of carboxylic acids is 1. The Bertz CT molecular complexity index is 452. The molecule has 16 heavy (non-hydrogen) atoms. The van der Waals surface area contributed by atoms with Crippen LogP contribution in [0, 0.1) is 0 Å². The Balaban J connectivity index is 2.57. The molecular weight excluding hydrogens is 276 g/mol. The number of rotatable bonds is 3. The van der Waals surface area contributed by atoms with Crippen molar-refractivity contribution < 1.29 is 19.7 Å². The van der Waals surface area contributed by atoms with Crippen LogP contribution in [0.4, 0.5) is 0 Å². The monoisotopic (exact) mass is 286 g/mol. The van der Waals surface area contributed by atoms with Crippen LogP contribution in [0.5, 0.6) is 11.5 Å². The molecule has 0 unspecified atom stereocenters. The first-order chi connectivity index (χ1) is 7.51. The molecule has 0 heterocycles. The summed E-state index contributed by atoms with van der Waals surface area (Å²) in [5.74, 6) is -0.689. The largest absolute Gasteiger partial charge is 0.504 e. The van der Waals surface area contributed by atoms with Crippen LogP contribution >= 0.6 is 15.9 Å². The zero-order valence-corrected chi connectivity index (χ0v) is 10.2. The number of carbonyl (C=O) groups is 1. The molecule has 2 rings (SSSR count). The molecule has 1 fully saturated rings. The first-order valence-electron chi connectivity index (χ1n) is 4.81. The lowest BCUT2D eigenvalue weighted by molar-refractivity contribution is -0.140. The van der Waals surface area contributed by atoms with Gasteiger partial charge in [0.25, 0.3) is 0 Å². The highest BCUT2D eigenvalue weighted by molar-refractivity contribution is 9.10. The van der Waals surface area contributed by atoms with Gasteiger partial charge in [-0.1, -0.05) is 15.9 Å². The van der Waals surface area contributed by atoms with Crippen LogP contribution in [0.3, 0.4) is 0 Å². The SMILES string of the molecule is COc1cc(Br)cc(C2(C(=O)O)CC2)c1O. The van der Waals surface area contributed by atoms with E-state index < -0.39 is 11.4 Å². The number of carboxylic acid groups (broad SMARTS) is 1. The van der Waals surface area contributed by atoms with Crippen molar-refractivity contribution in [1.82, 2.24) is 0 Å². The minimum Gasteiger partial charge on any atom is -0.504 e. The highest BCUT2D eigenvalue weighted by Gasteiger charge is 2.53. The van der Waals surface area contributed by atoms with Crippen LogP contribution in [0.25, 0.3) is 0 Å². The Hall–Kier alpha value is -1.23. The normalized spacial score (nSPS) is 16.9. The maximum absolute atomic E-state index is 11.2. The molecule has 0 spiro atoms. The summed E-state index contributed by atoms with van der Waals surface area (Å²) in [6.07, 6.45) is 1.10. The Kier molecular flexibility index (Phi) is 2.58. The standard InChI is InChI=1S/C11H11BrO4/c1-16-8-5-6(12)4-7(9(8)13)11(2-3-11)10(14)15/h4-5,13H,2-3H2,1H3,(H,14,15). The molecular formula is C11H11BrO4. The van der Waals surface area contributed by atoms with Crippen molar-refractivity contribution in [2.75, 3.05) is 7.11 Å². The van der Waals surface area contributed by atoms with Crippen molar-refractivity contribution in [2.24, 2.45) is 0 Å². The average molecular weight is 287 g/mol. The van der Waals surface area contributed by atoms with Crippen LogP contribution in [-0.4, -0.2) is 23.3 Å². The topological polar surface area (TPSA) is 66.8 Å². The molecule has 1 aliphatic rings. The van der Waals surface area contributed by atoms with E-state index in [0.717, 1.165) is 0 Å². The Labute approximate surface area is 101 Å². The second-order valence-corrected chi connectivity index (χ2v) is 4.81. The number of halogens is 1. The Morgan fingerprint density at radius 3 is 2.56 bits per heavy atom. The second-order valence-electron chi connectivity index (χ2n) is 3.89. The highest BCUT2D eigenvalue weighted by Crippen LogP contribution is 2.53. The molecule has 0 aliphatic heterocycles. The van der Waals surface area contributed by atoms with Crippen LogP contribution < -0.4 is 4.74 Å². The van der Waals surface area contributed by atoms with Crippen molar-refractivity contribution in [3.8, 4) is 11.5 Å². The van der Waals surface area contributed by atoms with Gasteiger partial charge in [-0.05, 0) is 25.0 Å². The van der Waals surface area contributed by atoms with Crippen molar-refractivity contribution in [1.29, 1.82) is 0 Å². The van der Waals surface area contributed by atoms with E-state index in [0.29, 0.717) is 22.9 Å². The highest BCUT2D eigenvalue weighted by atomic mass is 79.9. The number of ether oxygens (including phenoxy) is 1. The summed E-state index contributed by atoms with van der Waals surface area (Å²) in [5.41, 5.74) is -0.507. The van der Waals surface area contributed by atoms with Gasteiger partial charge in [0.2, 0.25) is 0 Å². The van der Waals surface area contributed by atoms with E-state index in [2.05, 4.69) is 15.9 Å². The van der Waals surface area contributed by atoms with E-state index in [1.807, 2.05) is 0 Å². The van der Waals surface area contributed by atoms with Crippen LogP contribution in [-0.2, 0) is 10.2 Å². The summed E-state index contributed by atoms with van der Waals surface area (Å²) in [6, 6.07) is 3.25. The van der Waals surface area contributed by atoms with Crippen LogP contribution in [0.15, 0.2) is 16.6 Å². The molecule has 0 atom stereocenters. The molecule has 0 amide bonds. The molecule has 1 saturated carbocycles. The number of hydrogen-bond acceptors (Lipinski definition) is 3. The van der Waals surface area contributed by atoms with Gasteiger partial charge in [0, 0.05) is 10.0 Å². The van der Waals surface area contributed by atoms with Gasteiger partial charge < -0.3 is 14.9 Å². The number of aliphatic carboxylic acids is 1. The first-order valence-corrected chi connectivity index (χ1v) is 5.61. The predicted molar refractivity (Wildman–Crippen MR) is 60.9 cm³/mol. The molecule has 0 aromatic heterocycles. The van der Waals surface area contributed by atoms with E-state index in [-0.39, 0.29) is 11.5 Å². The Morgan fingerprint density at radius 1 is 1.50 bits per heavy atom. The summed E-state index contributed by atoms with van der Waals surface area (Å²) >= 11 is 3.27. The number of hydrogen-bond donors (Lipinski definition) is 2. The lowest BCUT2D eigenvalue weighted by Crippen LogP contribution is -2.19. The van der Waals surface area contributed by atoms with E-state index in [4.69, 9.17) is 9.84 Å². The third-order valence-corrected chi connectivity index (χ3v) is 3.39. The fourth-order valence-corrected chi connectivity index (χ4v) is 2.25. The lowest BCUT2D eigenvalue weighted by Gasteiger charge is -2.15. The lowest BCUT2D eigenvalue weighted by atomic mass is 9.95. The molecule has 0 bridgehead atoms. The molecule has 1 aromatic rings. The molecule has 0 radical (unpaired) electrons. The summed E-state index contributed by atoms with van der Waals surface area (Å²) < 4.78 is 5.69. The minimum atomic E-state index is -0.929. The smallest absolute Gasteiger partial charge is 0.314 e. The van der Waals surface area contributed by atoms with Crippen LogP contribution in [0.2, 0.25) is 0 Å². The van der Waals surface area contributed by atoms with Gasteiger partial charge in [-0.2, -0.15) is 0 Å². The van der Waals surface area contributed by atoms with Gasteiger partial charge in [0.15, 0.2) is 11.5 Å². The molecule has 4 nitrogen and oxygen atoms in total. The number of methoxy groups -OCH3 is 1. The van der Waals surface area contributed by atoms with Gasteiger partial charge in [0.1, 0.15) is 0 Å². The number of benzene rings is 1. The third kappa shape index (κ3) is 1.55. The summed E-state index contributed by atoms with van der Waals surface area (Å²) in [5, 5.41) is 19.1. The molecule has 2 N–H and O–H groups in total. The molecule has 1 aliphatic carbocycles. The average Bonchev–Trinajstić information content (AvgIpc) is 3.02. The van der Waals surface area contributed by atoms with Gasteiger partial charge in [-0.25, -0.2) is 0 Å². The zero-order chi connectivity index (χ0) is 11.9. The zero-order valence-electron chi connectivity index (χ0n) is 8.66. The third-order valence-electron chi connectivity index (χ3n) is 2.93. The van der Waals surface area contributed by atoms with Crippen molar-refractivity contribution in [3.63, 3.8) is 0 Å². The second kappa shape index (κ2) is 3.66. The number of phenolic OH excluding ortho intramolecular Hbond substituents is 1. The maximum Gasteiger partial charge on any atom is 0.314 e. The predicted octanol–water partition coefficient (Wildman–Crippen LogP) is 2.28. The van der Waals surface area contributed by atoms with E-state index in [1.54, 1.807) is 12.1 Å². The summed E-state index contributed by atoms with van der Waals surface area (Å²) in [7, 11) is 1.44. The Morgan fingerprint density at radius 2 is 2.12 bits per heavy atom. The van der Waals surface area contributed by atoms with Crippen LogP contribution in [0.1, 0.15) is 18.4 Å². The van der Waals surface area contributed by atoms with Gasteiger partial charge in [-0.15, -0.1) is 0 Å².